The van der Waals surface area contributed by atoms with Crippen molar-refractivity contribution in [2.75, 3.05) is 0 Å². The van der Waals surface area contributed by atoms with Gasteiger partial charge in [-0.3, -0.25) is 10.1 Å². The monoisotopic (exact) mass is 200 g/mol. The van der Waals surface area contributed by atoms with Crippen molar-refractivity contribution < 1.29 is 4.11 Å². The highest BCUT2D eigenvalue weighted by Crippen LogP contribution is 2.18. The van der Waals surface area contributed by atoms with Crippen LogP contribution in [0.15, 0.2) is 23.0 Å². The van der Waals surface area contributed by atoms with E-state index in [2.05, 4.69) is 31.1 Å². The van der Waals surface area contributed by atoms with E-state index in [0.717, 1.165) is 0 Å². The first kappa shape index (κ1) is 3.48. The number of aromatic nitrogens is 3. The van der Waals surface area contributed by atoms with Crippen molar-refractivity contribution in [1.82, 2.24) is 15.2 Å². The quantitative estimate of drug-likeness (QED) is 0.704. The van der Waals surface area contributed by atoms with Gasteiger partial charge in [0.25, 0.3) is 0 Å². The summed E-state index contributed by atoms with van der Waals surface area (Å²) < 4.78 is 22.6. The fourth-order valence-electron chi connectivity index (χ4n) is 0.680. The zero-order valence-corrected chi connectivity index (χ0v) is 6.36. The van der Waals surface area contributed by atoms with Gasteiger partial charge < -0.3 is 0 Å². The average Bonchev–Trinajstić information content (AvgIpc) is 2.44. The zero-order chi connectivity index (χ0) is 9.59. The number of nitrogens with one attached hydrogen (secondary N) is 1. The molecule has 0 aliphatic heterocycles. The molecule has 0 atom stereocenters. The lowest BCUT2D eigenvalue weighted by Crippen LogP contribution is -1.68. The molecule has 1 N–H and O–H groups in total. The van der Waals surface area contributed by atoms with Crippen molar-refractivity contribution in [3.05, 3.63) is 23.0 Å². The molecule has 0 aliphatic carbocycles. The van der Waals surface area contributed by atoms with Crippen LogP contribution in [0.5, 0.6) is 0 Å². The second-order valence-corrected chi connectivity index (χ2v) is 2.48. The summed E-state index contributed by atoms with van der Waals surface area (Å²) in [7, 11) is 0. The van der Waals surface area contributed by atoms with Gasteiger partial charge in [-0.15, -0.1) is 0 Å². The lowest BCUT2D eigenvalue weighted by molar-refractivity contribution is 1.10. The first-order valence-electron chi connectivity index (χ1n) is 4.08. The summed E-state index contributed by atoms with van der Waals surface area (Å²) in [6, 6.07) is -0.0378. The van der Waals surface area contributed by atoms with Crippen LogP contribution in [0.2, 0.25) is 0 Å². The van der Waals surface area contributed by atoms with E-state index in [1.807, 2.05) is 0 Å². The topological polar surface area (TPSA) is 41.6 Å². The van der Waals surface area contributed by atoms with Crippen LogP contribution in [-0.4, -0.2) is 15.2 Å². The van der Waals surface area contributed by atoms with Crippen LogP contribution in [0.25, 0.3) is 10.9 Å². The standard InChI is InChI=1S/C6H4BrN3/c7-6-4-3-8-2-1-5(4)9-10-6/h1-3H,(H,9,10)/i1D,2D,3D. The van der Waals surface area contributed by atoms with E-state index >= 15 is 0 Å². The fourth-order valence-corrected chi connectivity index (χ4v) is 1.06. The molecule has 0 spiro atoms. The third-order valence-corrected chi connectivity index (χ3v) is 1.70. The molecule has 10 heavy (non-hydrogen) atoms. The molecule has 2 rings (SSSR count). The molecule has 2 aromatic rings. The van der Waals surface area contributed by atoms with Gasteiger partial charge in [0.1, 0.15) is 4.60 Å². The molecule has 0 aliphatic rings. The molecule has 0 radical (unpaired) electrons. The van der Waals surface area contributed by atoms with Crippen LogP contribution in [0.1, 0.15) is 4.11 Å². The van der Waals surface area contributed by atoms with Crippen molar-refractivity contribution in [3.8, 4) is 0 Å². The number of nitrogens with zero attached hydrogens (tertiary/aromatic N) is 2. The summed E-state index contributed by atoms with van der Waals surface area (Å²) in [5, 5.41) is 6.81. The third-order valence-electron chi connectivity index (χ3n) is 1.13. The minimum Gasteiger partial charge on any atom is -0.277 e. The Kier molecular flexibility index (Phi) is 0.715. The van der Waals surface area contributed by atoms with Gasteiger partial charge in [0.05, 0.1) is 15.0 Å². The largest absolute Gasteiger partial charge is 0.277 e. The molecule has 0 unspecified atom stereocenters. The first-order valence-corrected chi connectivity index (χ1v) is 3.38. The number of fused-ring (bicyclic) bond motifs is 1. The van der Waals surface area contributed by atoms with E-state index in [1.165, 1.54) is 0 Å². The van der Waals surface area contributed by atoms with Gasteiger partial charge >= 0.3 is 0 Å². The molecular formula is C6H4BrN3. The summed E-state index contributed by atoms with van der Waals surface area (Å²) in [6.45, 7) is 0. The summed E-state index contributed by atoms with van der Waals surface area (Å²) >= 11 is 3.13. The maximum Gasteiger partial charge on any atom is 0.137 e. The molecule has 0 bridgehead atoms. The van der Waals surface area contributed by atoms with E-state index in [1.54, 1.807) is 0 Å². The second-order valence-electron chi connectivity index (χ2n) is 1.72. The van der Waals surface area contributed by atoms with Gasteiger partial charge in [-0.2, -0.15) is 5.10 Å². The Labute approximate surface area is 69.8 Å². The lowest BCUT2D eigenvalue weighted by atomic mass is 10.3. The fraction of sp³-hybridized carbons (Fsp3) is 0. The van der Waals surface area contributed by atoms with E-state index in [-0.39, 0.29) is 18.4 Å². The normalized spacial score (nSPS) is 14.7. The minimum atomic E-state index is -0.214. The molecule has 2 heterocycles. The number of rotatable bonds is 0. The Bertz CT molecular complexity index is 481. The summed E-state index contributed by atoms with van der Waals surface area (Å²) in [5.74, 6) is 0. The highest BCUT2D eigenvalue weighted by atomic mass is 79.9. The van der Waals surface area contributed by atoms with Gasteiger partial charge in [0.15, 0.2) is 0 Å². The Morgan fingerprint density at radius 2 is 2.60 bits per heavy atom. The molecule has 50 valence electrons. The molecule has 0 fully saturated rings. The third kappa shape index (κ3) is 0.724. The SMILES string of the molecule is [2H]c1nc([2H])c2c(Br)n[nH]c2c1[2H]. The Morgan fingerprint density at radius 3 is 3.50 bits per heavy atom. The van der Waals surface area contributed by atoms with Crippen LogP contribution >= 0.6 is 15.9 Å². The number of aromatic amines is 1. The van der Waals surface area contributed by atoms with Gasteiger partial charge in [-0.1, -0.05) is 0 Å². The maximum absolute atomic E-state index is 7.47. The molecule has 2 aromatic heterocycles. The van der Waals surface area contributed by atoms with Crippen molar-refractivity contribution >= 4 is 26.8 Å². The summed E-state index contributed by atoms with van der Waals surface area (Å²) in [5.41, 5.74) is 0.372. The van der Waals surface area contributed by atoms with Gasteiger partial charge in [0, 0.05) is 12.3 Å². The van der Waals surface area contributed by atoms with Crippen LogP contribution in [-0.2, 0) is 0 Å². The number of H-pyrrole nitrogens is 1. The average molecular weight is 201 g/mol. The van der Waals surface area contributed by atoms with Crippen molar-refractivity contribution in [1.29, 1.82) is 0 Å². The van der Waals surface area contributed by atoms with Crippen molar-refractivity contribution in [3.63, 3.8) is 0 Å². The molecule has 0 aromatic carbocycles. The number of halogens is 1. The summed E-state index contributed by atoms with van der Waals surface area (Å²) in [6.07, 6.45) is -0.259. The first-order chi connectivity index (χ1) is 6.11. The minimum absolute atomic E-state index is 0.0378. The predicted molar refractivity (Wildman–Crippen MR) is 41.6 cm³/mol. The maximum atomic E-state index is 7.47. The van der Waals surface area contributed by atoms with Crippen LogP contribution in [0, 0.1) is 0 Å². The van der Waals surface area contributed by atoms with Gasteiger partial charge in [-0.25, -0.2) is 0 Å². The van der Waals surface area contributed by atoms with Crippen molar-refractivity contribution in [2.24, 2.45) is 0 Å². The van der Waals surface area contributed by atoms with E-state index in [9.17, 15) is 0 Å². The predicted octanol–water partition coefficient (Wildman–Crippen LogP) is 1.72. The van der Waals surface area contributed by atoms with E-state index in [0.29, 0.717) is 15.5 Å². The highest BCUT2D eigenvalue weighted by Gasteiger charge is 1.98. The van der Waals surface area contributed by atoms with Crippen molar-refractivity contribution in [2.45, 2.75) is 0 Å². The van der Waals surface area contributed by atoms with Crippen LogP contribution in [0.4, 0.5) is 0 Å². The van der Waals surface area contributed by atoms with Gasteiger partial charge in [-0.05, 0) is 22.0 Å². The van der Waals surface area contributed by atoms with E-state index in [4.69, 9.17) is 4.11 Å². The van der Waals surface area contributed by atoms with E-state index < -0.39 is 0 Å². The Morgan fingerprint density at radius 1 is 1.70 bits per heavy atom. The molecule has 0 saturated carbocycles. The number of pyridine rings is 1. The molecular weight excluding hydrogens is 194 g/mol. The molecule has 4 heteroatoms. The molecule has 3 nitrogen and oxygen atoms in total. The highest BCUT2D eigenvalue weighted by molar-refractivity contribution is 9.10. The Balaban J connectivity index is 2.99. The molecule has 0 saturated heterocycles. The number of hydrogen-bond donors (Lipinski definition) is 1. The summed E-state index contributed by atoms with van der Waals surface area (Å²) in [4.78, 5) is 3.59. The lowest BCUT2D eigenvalue weighted by Gasteiger charge is -1.83. The molecule has 0 amide bonds. The van der Waals surface area contributed by atoms with Crippen LogP contribution in [0.3, 0.4) is 0 Å². The van der Waals surface area contributed by atoms with Gasteiger partial charge in [0.2, 0.25) is 0 Å². The zero-order valence-electron chi connectivity index (χ0n) is 7.77. The second kappa shape index (κ2) is 2.05. The van der Waals surface area contributed by atoms with Crippen LogP contribution < -0.4 is 0 Å². The smallest absolute Gasteiger partial charge is 0.137 e. The number of hydrogen-bond acceptors (Lipinski definition) is 2. The Hall–Kier alpha value is -0.900.